The number of nitrogens with one attached hydrogen (secondary N) is 1. The summed E-state index contributed by atoms with van der Waals surface area (Å²) in [6, 6.07) is 21.7. The monoisotopic (exact) mass is 425 g/mol. The van der Waals surface area contributed by atoms with Crippen molar-refractivity contribution >= 4 is 11.7 Å². The van der Waals surface area contributed by atoms with Crippen LogP contribution < -0.4 is 5.32 Å². The van der Waals surface area contributed by atoms with E-state index in [0.717, 1.165) is 11.1 Å². The Kier molecular flexibility index (Phi) is 6.12. The molecule has 1 amide bonds. The molecule has 0 aliphatic carbocycles. The zero-order valence-corrected chi connectivity index (χ0v) is 17.4. The van der Waals surface area contributed by atoms with Crippen molar-refractivity contribution in [1.82, 2.24) is 15.3 Å². The number of amides is 1. The average Bonchev–Trinajstić information content (AvgIpc) is 2.83. The Morgan fingerprint density at radius 3 is 2.28 bits per heavy atom. The third-order valence-electron chi connectivity index (χ3n) is 5.02. The molecule has 0 fully saturated rings. The van der Waals surface area contributed by atoms with Gasteiger partial charge in [0.25, 0.3) is 5.91 Å². The second-order valence-corrected chi connectivity index (χ2v) is 7.32. The van der Waals surface area contributed by atoms with Gasteiger partial charge in [-0.1, -0.05) is 48.0 Å². The SMILES string of the molecule is Cc1ccc(C(=O)c2ccccc2C(=O)NCc2cc(-c3ccc(F)cc3)ncn2)cc1. The first kappa shape index (κ1) is 21.1. The summed E-state index contributed by atoms with van der Waals surface area (Å²) in [5.41, 5.74) is 4.17. The second-order valence-electron chi connectivity index (χ2n) is 7.32. The minimum atomic E-state index is -0.372. The highest BCUT2D eigenvalue weighted by Crippen LogP contribution is 2.18. The van der Waals surface area contributed by atoms with Gasteiger partial charge in [0.2, 0.25) is 0 Å². The number of nitrogens with zero attached hydrogens (tertiary/aromatic N) is 2. The summed E-state index contributed by atoms with van der Waals surface area (Å²) in [6.07, 6.45) is 1.40. The molecule has 1 heterocycles. The van der Waals surface area contributed by atoms with Gasteiger partial charge in [-0.2, -0.15) is 0 Å². The van der Waals surface area contributed by atoms with Crippen molar-refractivity contribution in [1.29, 1.82) is 0 Å². The molecule has 0 radical (unpaired) electrons. The number of rotatable bonds is 6. The molecule has 32 heavy (non-hydrogen) atoms. The lowest BCUT2D eigenvalue weighted by Crippen LogP contribution is -2.25. The number of carbonyl (C=O) groups excluding carboxylic acids is 2. The van der Waals surface area contributed by atoms with Crippen LogP contribution in [-0.4, -0.2) is 21.7 Å². The third kappa shape index (κ3) is 4.75. The van der Waals surface area contributed by atoms with Crippen LogP contribution in [0.2, 0.25) is 0 Å². The first-order valence-corrected chi connectivity index (χ1v) is 10.1. The van der Waals surface area contributed by atoms with Gasteiger partial charge >= 0.3 is 0 Å². The highest BCUT2D eigenvalue weighted by Gasteiger charge is 2.18. The molecule has 5 nitrogen and oxygen atoms in total. The van der Waals surface area contributed by atoms with Gasteiger partial charge in [-0.05, 0) is 43.3 Å². The Labute approximate surface area is 185 Å². The number of halogens is 1. The van der Waals surface area contributed by atoms with Crippen molar-refractivity contribution in [3.8, 4) is 11.3 Å². The summed E-state index contributed by atoms with van der Waals surface area (Å²) in [4.78, 5) is 34.2. The Bertz CT molecular complexity index is 1270. The van der Waals surface area contributed by atoms with Gasteiger partial charge in [-0.3, -0.25) is 9.59 Å². The third-order valence-corrected chi connectivity index (χ3v) is 5.02. The molecule has 0 atom stereocenters. The fourth-order valence-corrected chi connectivity index (χ4v) is 3.28. The molecule has 4 rings (SSSR count). The van der Waals surface area contributed by atoms with Crippen molar-refractivity contribution in [2.45, 2.75) is 13.5 Å². The number of aromatic nitrogens is 2. The van der Waals surface area contributed by atoms with Gasteiger partial charge in [0.15, 0.2) is 5.78 Å². The number of benzene rings is 3. The first-order valence-electron chi connectivity index (χ1n) is 10.1. The standard InChI is InChI=1S/C26H20FN3O2/c1-17-6-8-19(9-7-17)25(31)22-4-2-3-5-23(22)26(32)28-15-21-14-24(30-16-29-21)18-10-12-20(27)13-11-18/h2-14,16H,15H2,1H3,(H,28,32). The molecule has 6 heteroatoms. The maximum Gasteiger partial charge on any atom is 0.252 e. The summed E-state index contributed by atoms with van der Waals surface area (Å²) < 4.78 is 13.2. The molecule has 0 unspecified atom stereocenters. The van der Waals surface area contributed by atoms with Crippen LogP contribution in [0.25, 0.3) is 11.3 Å². The van der Waals surface area contributed by atoms with Crippen LogP contribution in [0.4, 0.5) is 4.39 Å². The van der Waals surface area contributed by atoms with E-state index in [2.05, 4.69) is 15.3 Å². The summed E-state index contributed by atoms with van der Waals surface area (Å²) >= 11 is 0. The number of hydrogen-bond acceptors (Lipinski definition) is 4. The number of carbonyl (C=O) groups is 2. The van der Waals surface area contributed by atoms with Gasteiger partial charge in [-0.25, -0.2) is 14.4 Å². The van der Waals surface area contributed by atoms with Crippen molar-refractivity contribution in [3.63, 3.8) is 0 Å². The molecule has 158 valence electrons. The van der Waals surface area contributed by atoms with Crippen molar-refractivity contribution in [2.24, 2.45) is 0 Å². The minimum Gasteiger partial charge on any atom is -0.346 e. The summed E-state index contributed by atoms with van der Waals surface area (Å²) in [5.74, 6) is -0.909. The predicted molar refractivity (Wildman–Crippen MR) is 120 cm³/mol. The molecule has 0 aliphatic heterocycles. The smallest absolute Gasteiger partial charge is 0.252 e. The fraction of sp³-hybridized carbons (Fsp3) is 0.0769. The van der Waals surface area contributed by atoms with Crippen molar-refractivity contribution < 1.29 is 14.0 Å². The lowest BCUT2D eigenvalue weighted by Gasteiger charge is -2.10. The lowest BCUT2D eigenvalue weighted by atomic mass is 9.97. The molecule has 3 aromatic carbocycles. The Balaban J connectivity index is 1.51. The normalized spacial score (nSPS) is 10.6. The Morgan fingerprint density at radius 2 is 1.56 bits per heavy atom. The molecule has 0 aliphatic rings. The lowest BCUT2D eigenvalue weighted by molar-refractivity contribution is 0.0939. The largest absolute Gasteiger partial charge is 0.346 e. The van der Waals surface area contributed by atoms with Crippen LogP contribution in [0, 0.1) is 12.7 Å². The van der Waals surface area contributed by atoms with E-state index in [0.29, 0.717) is 28.1 Å². The minimum absolute atomic E-state index is 0.155. The summed E-state index contributed by atoms with van der Waals surface area (Å²) in [6.45, 7) is 2.10. The van der Waals surface area contributed by atoms with Crippen LogP contribution in [0.5, 0.6) is 0 Å². The molecule has 1 N–H and O–H groups in total. The van der Waals surface area contributed by atoms with Gasteiger partial charge in [0.05, 0.1) is 23.5 Å². The highest BCUT2D eigenvalue weighted by molar-refractivity contribution is 6.15. The maximum atomic E-state index is 13.2. The second kappa shape index (κ2) is 9.31. The van der Waals surface area contributed by atoms with Crippen LogP contribution in [0.3, 0.4) is 0 Å². The zero-order chi connectivity index (χ0) is 22.5. The molecule has 0 bridgehead atoms. The topological polar surface area (TPSA) is 72.0 Å². The summed E-state index contributed by atoms with van der Waals surface area (Å²) in [5, 5.41) is 2.82. The van der Waals surface area contributed by atoms with Crippen LogP contribution >= 0.6 is 0 Å². The van der Waals surface area contributed by atoms with Gasteiger partial charge in [0.1, 0.15) is 12.1 Å². The molecule has 0 spiro atoms. The molecule has 0 saturated carbocycles. The molecule has 1 aromatic heterocycles. The molecule has 4 aromatic rings. The van der Waals surface area contributed by atoms with Crippen molar-refractivity contribution in [3.05, 3.63) is 119 Å². The Hall–Kier alpha value is -4.19. The highest BCUT2D eigenvalue weighted by atomic mass is 19.1. The van der Waals surface area contributed by atoms with Crippen LogP contribution in [-0.2, 0) is 6.54 Å². The quantitative estimate of drug-likeness (QED) is 0.453. The zero-order valence-electron chi connectivity index (χ0n) is 17.4. The Morgan fingerprint density at radius 1 is 0.875 bits per heavy atom. The first-order chi connectivity index (χ1) is 15.5. The van der Waals surface area contributed by atoms with Crippen LogP contribution in [0.15, 0.2) is 85.2 Å². The van der Waals surface area contributed by atoms with E-state index in [-0.39, 0.29) is 24.1 Å². The van der Waals surface area contributed by atoms with E-state index >= 15 is 0 Å². The van der Waals surface area contributed by atoms with E-state index in [9.17, 15) is 14.0 Å². The van der Waals surface area contributed by atoms with E-state index in [4.69, 9.17) is 0 Å². The van der Waals surface area contributed by atoms with Gasteiger partial charge in [-0.15, -0.1) is 0 Å². The van der Waals surface area contributed by atoms with E-state index in [1.807, 2.05) is 19.1 Å². The fourth-order valence-electron chi connectivity index (χ4n) is 3.28. The maximum absolute atomic E-state index is 13.2. The van der Waals surface area contributed by atoms with E-state index in [1.54, 1.807) is 54.6 Å². The number of ketones is 1. The summed E-state index contributed by atoms with van der Waals surface area (Å²) in [7, 11) is 0. The molecule has 0 saturated heterocycles. The van der Waals surface area contributed by atoms with Crippen molar-refractivity contribution in [2.75, 3.05) is 0 Å². The van der Waals surface area contributed by atoms with Gasteiger partial charge in [0, 0.05) is 16.7 Å². The van der Waals surface area contributed by atoms with E-state index in [1.165, 1.54) is 18.5 Å². The number of hydrogen-bond donors (Lipinski definition) is 1. The molecular weight excluding hydrogens is 405 g/mol. The van der Waals surface area contributed by atoms with Crippen LogP contribution in [0.1, 0.15) is 37.5 Å². The molecular formula is C26H20FN3O2. The average molecular weight is 425 g/mol. The number of aryl methyl sites for hydroxylation is 1. The van der Waals surface area contributed by atoms with E-state index < -0.39 is 0 Å². The van der Waals surface area contributed by atoms with Gasteiger partial charge < -0.3 is 5.32 Å². The predicted octanol–water partition coefficient (Wildman–Crippen LogP) is 4.75.